The minimum atomic E-state index is -0.415. The van der Waals surface area contributed by atoms with Gasteiger partial charge in [0.15, 0.2) is 0 Å². The zero-order chi connectivity index (χ0) is 13.9. The monoisotopic (exact) mass is 248 g/mol. The van der Waals surface area contributed by atoms with Crippen molar-refractivity contribution in [3.63, 3.8) is 0 Å². The molecular weight excluding hydrogens is 224 g/mol. The molecule has 0 heterocycles. The Morgan fingerprint density at radius 1 is 1.22 bits per heavy atom. The van der Waals surface area contributed by atoms with Gasteiger partial charge in [-0.25, -0.2) is 0 Å². The van der Waals surface area contributed by atoms with Gasteiger partial charge in [0, 0.05) is 0 Å². The molecule has 0 fully saturated rings. The molecule has 0 saturated heterocycles. The Labute approximate surface area is 110 Å². The highest BCUT2D eigenvalue weighted by molar-refractivity contribution is 5.74. The summed E-state index contributed by atoms with van der Waals surface area (Å²) in [6.45, 7) is 12.0. The van der Waals surface area contributed by atoms with Gasteiger partial charge in [-0.2, -0.15) is 0 Å². The summed E-state index contributed by atoms with van der Waals surface area (Å²) < 4.78 is 5.39. The third kappa shape index (κ3) is 4.17. The van der Waals surface area contributed by atoms with E-state index in [4.69, 9.17) is 4.74 Å². The molecule has 1 rings (SSSR count). The highest BCUT2D eigenvalue weighted by atomic mass is 16.6. The van der Waals surface area contributed by atoms with E-state index in [1.54, 1.807) is 0 Å². The molecule has 0 aliphatic carbocycles. The molecule has 0 aliphatic rings. The summed E-state index contributed by atoms with van der Waals surface area (Å²) in [4.78, 5) is 11.9. The van der Waals surface area contributed by atoms with Crippen LogP contribution in [0, 0.1) is 13.8 Å². The van der Waals surface area contributed by atoms with Gasteiger partial charge in [0.1, 0.15) is 5.60 Å². The van der Waals surface area contributed by atoms with Crippen LogP contribution in [0.1, 0.15) is 49.9 Å². The Bertz CT molecular complexity index is 439. The zero-order valence-corrected chi connectivity index (χ0v) is 12.4. The predicted molar refractivity (Wildman–Crippen MR) is 74.8 cm³/mol. The molecule has 100 valence electrons. The molecule has 2 nitrogen and oxygen atoms in total. The molecule has 0 N–H and O–H groups in total. The fourth-order valence-corrected chi connectivity index (χ4v) is 2.18. The van der Waals surface area contributed by atoms with Crippen LogP contribution >= 0.6 is 0 Å². The van der Waals surface area contributed by atoms with E-state index < -0.39 is 5.60 Å². The molecule has 0 aliphatic heterocycles. The number of carbonyl (C=O) groups excluding carboxylic acids is 1. The van der Waals surface area contributed by atoms with E-state index in [2.05, 4.69) is 32.9 Å². The number of esters is 1. The van der Waals surface area contributed by atoms with E-state index >= 15 is 0 Å². The fourth-order valence-electron chi connectivity index (χ4n) is 2.18. The van der Waals surface area contributed by atoms with Crippen LogP contribution in [0.3, 0.4) is 0 Å². The first kappa shape index (κ1) is 14.7. The van der Waals surface area contributed by atoms with E-state index in [1.165, 1.54) is 16.7 Å². The smallest absolute Gasteiger partial charge is 0.310 e. The molecule has 0 aromatic heterocycles. The summed E-state index contributed by atoms with van der Waals surface area (Å²) in [5, 5.41) is 0. The van der Waals surface area contributed by atoms with Crippen LogP contribution in [0.5, 0.6) is 0 Å². The summed E-state index contributed by atoms with van der Waals surface area (Å²) in [7, 11) is 0. The van der Waals surface area contributed by atoms with Crippen molar-refractivity contribution in [2.24, 2.45) is 0 Å². The molecule has 0 atom stereocenters. The van der Waals surface area contributed by atoms with Crippen molar-refractivity contribution in [2.75, 3.05) is 0 Å². The summed E-state index contributed by atoms with van der Waals surface area (Å²) >= 11 is 0. The third-order valence-electron chi connectivity index (χ3n) is 2.83. The summed E-state index contributed by atoms with van der Waals surface area (Å²) in [6, 6.07) is 4.28. The second kappa shape index (κ2) is 5.55. The number of hydrogen-bond acceptors (Lipinski definition) is 2. The average molecular weight is 248 g/mol. The van der Waals surface area contributed by atoms with E-state index in [9.17, 15) is 4.79 Å². The van der Waals surface area contributed by atoms with Gasteiger partial charge in [-0.3, -0.25) is 4.79 Å². The normalized spacial score (nSPS) is 11.4. The Morgan fingerprint density at radius 3 is 2.33 bits per heavy atom. The van der Waals surface area contributed by atoms with Gasteiger partial charge in [0.25, 0.3) is 0 Å². The van der Waals surface area contributed by atoms with Crippen molar-refractivity contribution in [3.05, 3.63) is 34.4 Å². The van der Waals surface area contributed by atoms with Crippen molar-refractivity contribution >= 4 is 5.97 Å². The van der Waals surface area contributed by atoms with E-state index in [-0.39, 0.29) is 5.97 Å². The lowest BCUT2D eigenvalue weighted by molar-refractivity contribution is -0.153. The number of rotatable bonds is 3. The minimum absolute atomic E-state index is 0.149. The molecule has 0 spiro atoms. The maximum absolute atomic E-state index is 11.9. The second-order valence-corrected chi connectivity index (χ2v) is 5.84. The Kier molecular flexibility index (Phi) is 4.55. The first-order chi connectivity index (χ1) is 8.23. The number of hydrogen-bond donors (Lipinski definition) is 0. The van der Waals surface area contributed by atoms with Gasteiger partial charge in [0.05, 0.1) is 6.42 Å². The number of aryl methyl sites for hydroxylation is 3. The van der Waals surface area contributed by atoms with Gasteiger partial charge in [0.2, 0.25) is 0 Å². The topological polar surface area (TPSA) is 26.3 Å². The largest absolute Gasteiger partial charge is 0.460 e. The maximum Gasteiger partial charge on any atom is 0.310 e. The second-order valence-electron chi connectivity index (χ2n) is 5.84. The zero-order valence-electron chi connectivity index (χ0n) is 12.4. The molecule has 0 saturated carbocycles. The summed E-state index contributed by atoms with van der Waals surface area (Å²) in [6.07, 6.45) is 1.31. The lowest BCUT2D eigenvalue weighted by Gasteiger charge is -2.20. The molecule has 1 aromatic carbocycles. The van der Waals surface area contributed by atoms with E-state index in [0.717, 1.165) is 12.0 Å². The summed E-state index contributed by atoms with van der Waals surface area (Å²) in [5.74, 6) is -0.149. The summed E-state index contributed by atoms with van der Waals surface area (Å²) in [5.41, 5.74) is 4.38. The first-order valence-corrected chi connectivity index (χ1v) is 6.53. The van der Waals surface area contributed by atoms with Crippen molar-refractivity contribution in [1.29, 1.82) is 0 Å². The standard InChI is InChI=1S/C16H24O2/c1-7-13-9-11(2)8-12(3)14(13)10-15(17)18-16(4,5)6/h8-9H,7,10H2,1-6H3. The quantitative estimate of drug-likeness (QED) is 0.761. The molecule has 0 amide bonds. The van der Waals surface area contributed by atoms with Gasteiger partial charge in [-0.15, -0.1) is 0 Å². The minimum Gasteiger partial charge on any atom is -0.460 e. The molecule has 0 radical (unpaired) electrons. The van der Waals surface area contributed by atoms with Crippen LogP contribution in [0.15, 0.2) is 12.1 Å². The molecule has 0 unspecified atom stereocenters. The first-order valence-electron chi connectivity index (χ1n) is 6.53. The molecule has 2 heteroatoms. The Hall–Kier alpha value is -1.31. The van der Waals surface area contributed by atoms with Gasteiger partial charge >= 0.3 is 5.97 Å². The molecule has 1 aromatic rings. The van der Waals surface area contributed by atoms with E-state index in [1.807, 2.05) is 20.8 Å². The van der Waals surface area contributed by atoms with E-state index in [0.29, 0.717) is 6.42 Å². The number of benzene rings is 1. The van der Waals surface area contributed by atoms with Crippen molar-refractivity contribution in [1.82, 2.24) is 0 Å². The van der Waals surface area contributed by atoms with Gasteiger partial charge in [-0.1, -0.05) is 24.6 Å². The third-order valence-corrected chi connectivity index (χ3v) is 2.83. The van der Waals surface area contributed by atoms with Gasteiger partial charge < -0.3 is 4.74 Å². The number of carbonyl (C=O) groups is 1. The van der Waals surface area contributed by atoms with Crippen LogP contribution in [0.2, 0.25) is 0 Å². The molecular formula is C16H24O2. The van der Waals surface area contributed by atoms with Crippen LogP contribution in [0.25, 0.3) is 0 Å². The number of ether oxygens (including phenoxy) is 1. The Morgan fingerprint density at radius 2 is 1.83 bits per heavy atom. The lowest BCUT2D eigenvalue weighted by atomic mass is 9.95. The maximum atomic E-state index is 11.9. The Balaban J connectivity index is 2.94. The highest BCUT2D eigenvalue weighted by Gasteiger charge is 2.18. The highest BCUT2D eigenvalue weighted by Crippen LogP contribution is 2.20. The van der Waals surface area contributed by atoms with Crippen LogP contribution in [-0.4, -0.2) is 11.6 Å². The van der Waals surface area contributed by atoms with Crippen molar-refractivity contribution in [2.45, 2.75) is 60.0 Å². The van der Waals surface area contributed by atoms with Crippen molar-refractivity contribution < 1.29 is 9.53 Å². The fraction of sp³-hybridized carbons (Fsp3) is 0.562. The van der Waals surface area contributed by atoms with Crippen LogP contribution in [-0.2, 0) is 22.4 Å². The SMILES string of the molecule is CCc1cc(C)cc(C)c1CC(=O)OC(C)(C)C. The van der Waals surface area contributed by atoms with Gasteiger partial charge in [-0.05, 0) is 57.7 Å². The molecule has 18 heavy (non-hydrogen) atoms. The van der Waals surface area contributed by atoms with Crippen LogP contribution in [0.4, 0.5) is 0 Å². The molecule has 0 bridgehead atoms. The van der Waals surface area contributed by atoms with Crippen molar-refractivity contribution in [3.8, 4) is 0 Å². The van der Waals surface area contributed by atoms with Crippen LogP contribution < -0.4 is 0 Å². The lowest BCUT2D eigenvalue weighted by Crippen LogP contribution is -2.25. The predicted octanol–water partition coefficient (Wildman–Crippen LogP) is 3.75. The average Bonchev–Trinajstić information content (AvgIpc) is 2.18.